The second kappa shape index (κ2) is 6.67. The van der Waals surface area contributed by atoms with Gasteiger partial charge in [0.1, 0.15) is 11.5 Å². The largest absolute Gasteiger partial charge is 0.507 e. The standard InChI is InChI=1S/C17H28N2O2/c1-13(16-14(20)8-7-9-15(16)21)18-12-17(19(2)3)10-5-4-6-11-17/h7-9,13,18,20-21H,4-6,10-12H2,1-3H3. The quantitative estimate of drug-likeness (QED) is 0.781. The van der Waals surface area contributed by atoms with E-state index >= 15 is 0 Å². The third-order valence-corrected chi connectivity index (χ3v) is 4.96. The summed E-state index contributed by atoms with van der Waals surface area (Å²) in [6, 6.07) is 4.82. The van der Waals surface area contributed by atoms with E-state index in [0.717, 1.165) is 6.54 Å². The van der Waals surface area contributed by atoms with Crippen molar-refractivity contribution in [2.24, 2.45) is 0 Å². The lowest BCUT2D eigenvalue weighted by molar-refractivity contribution is 0.0956. The number of nitrogens with zero attached hydrogens (tertiary/aromatic N) is 1. The molecule has 1 aromatic rings. The van der Waals surface area contributed by atoms with Gasteiger partial charge in [0.2, 0.25) is 0 Å². The zero-order valence-electron chi connectivity index (χ0n) is 13.4. The molecule has 1 fully saturated rings. The number of hydrogen-bond acceptors (Lipinski definition) is 4. The maximum Gasteiger partial charge on any atom is 0.124 e. The third kappa shape index (κ3) is 3.50. The summed E-state index contributed by atoms with van der Waals surface area (Å²) in [6.07, 6.45) is 6.27. The van der Waals surface area contributed by atoms with Crippen LogP contribution in [0.2, 0.25) is 0 Å². The van der Waals surface area contributed by atoms with Crippen molar-refractivity contribution in [3.63, 3.8) is 0 Å². The first-order valence-corrected chi connectivity index (χ1v) is 7.88. The summed E-state index contributed by atoms with van der Waals surface area (Å²) < 4.78 is 0. The van der Waals surface area contributed by atoms with E-state index in [1.165, 1.54) is 32.1 Å². The van der Waals surface area contributed by atoms with E-state index in [-0.39, 0.29) is 23.1 Å². The van der Waals surface area contributed by atoms with E-state index in [4.69, 9.17) is 0 Å². The van der Waals surface area contributed by atoms with Gasteiger partial charge in [-0.3, -0.25) is 0 Å². The maximum atomic E-state index is 9.96. The average molecular weight is 292 g/mol. The fourth-order valence-electron chi connectivity index (χ4n) is 3.42. The molecule has 3 N–H and O–H groups in total. The summed E-state index contributed by atoms with van der Waals surface area (Å²) in [5.74, 6) is 0.301. The van der Waals surface area contributed by atoms with Gasteiger partial charge >= 0.3 is 0 Å². The molecule has 1 saturated carbocycles. The Morgan fingerprint density at radius 2 is 1.71 bits per heavy atom. The number of nitrogens with one attached hydrogen (secondary N) is 1. The Bertz CT molecular complexity index is 448. The highest BCUT2D eigenvalue weighted by Crippen LogP contribution is 2.35. The molecule has 0 radical (unpaired) electrons. The molecule has 0 spiro atoms. The lowest BCUT2D eigenvalue weighted by atomic mass is 9.80. The molecule has 1 atom stereocenters. The van der Waals surface area contributed by atoms with E-state index in [1.807, 2.05) is 6.92 Å². The van der Waals surface area contributed by atoms with E-state index in [9.17, 15) is 10.2 Å². The minimum Gasteiger partial charge on any atom is -0.507 e. The number of aromatic hydroxyl groups is 2. The van der Waals surface area contributed by atoms with Crippen LogP contribution in [0.25, 0.3) is 0 Å². The van der Waals surface area contributed by atoms with Crippen LogP contribution in [0.3, 0.4) is 0 Å². The lowest BCUT2D eigenvalue weighted by Crippen LogP contribution is -2.53. The highest BCUT2D eigenvalue weighted by Gasteiger charge is 2.34. The molecule has 4 nitrogen and oxygen atoms in total. The van der Waals surface area contributed by atoms with E-state index in [0.29, 0.717) is 5.56 Å². The van der Waals surface area contributed by atoms with Crippen molar-refractivity contribution in [3.8, 4) is 11.5 Å². The fraction of sp³-hybridized carbons (Fsp3) is 0.647. The van der Waals surface area contributed by atoms with Crippen molar-refractivity contribution in [2.45, 2.75) is 50.6 Å². The van der Waals surface area contributed by atoms with Crippen LogP contribution in [0.1, 0.15) is 50.6 Å². The third-order valence-electron chi connectivity index (χ3n) is 4.96. The molecule has 1 aliphatic rings. The monoisotopic (exact) mass is 292 g/mol. The number of phenols is 2. The van der Waals surface area contributed by atoms with Gasteiger partial charge in [0.05, 0.1) is 5.56 Å². The van der Waals surface area contributed by atoms with E-state index < -0.39 is 0 Å². The summed E-state index contributed by atoms with van der Waals surface area (Å²) in [6.45, 7) is 2.86. The molecule has 2 rings (SSSR count). The summed E-state index contributed by atoms with van der Waals surface area (Å²) in [5.41, 5.74) is 0.772. The molecule has 0 amide bonds. The summed E-state index contributed by atoms with van der Waals surface area (Å²) in [7, 11) is 4.30. The zero-order valence-corrected chi connectivity index (χ0v) is 13.4. The molecule has 0 bridgehead atoms. The minimum absolute atomic E-state index is 0.0787. The first-order valence-electron chi connectivity index (χ1n) is 7.88. The van der Waals surface area contributed by atoms with Gasteiger partial charge in [-0.1, -0.05) is 25.3 Å². The number of rotatable bonds is 5. The normalized spacial score (nSPS) is 19.6. The average Bonchev–Trinajstić information content (AvgIpc) is 2.46. The molecule has 21 heavy (non-hydrogen) atoms. The molecular formula is C17H28N2O2. The summed E-state index contributed by atoms with van der Waals surface area (Å²) >= 11 is 0. The van der Waals surface area contributed by atoms with Crippen molar-refractivity contribution in [1.82, 2.24) is 10.2 Å². The molecule has 4 heteroatoms. The summed E-state index contributed by atoms with van der Waals surface area (Å²) in [4.78, 5) is 2.33. The Labute approximate surface area is 127 Å². The minimum atomic E-state index is -0.0787. The highest BCUT2D eigenvalue weighted by molar-refractivity contribution is 5.44. The first kappa shape index (κ1) is 16.1. The van der Waals surface area contributed by atoms with Crippen LogP contribution in [0.15, 0.2) is 18.2 Å². The lowest BCUT2D eigenvalue weighted by Gasteiger charge is -2.44. The Morgan fingerprint density at radius 1 is 1.14 bits per heavy atom. The molecular weight excluding hydrogens is 264 g/mol. The summed E-state index contributed by atoms with van der Waals surface area (Å²) in [5, 5.41) is 23.4. The molecule has 0 aromatic heterocycles. The van der Waals surface area contributed by atoms with Gasteiger partial charge < -0.3 is 20.4 Å². The molecule has 0 heterocycles. The predicted octanol–water partition coefficient (Wildman–Crippen LogP) is 3.01. The maximum absolute atomic E-state index is 9.96. The van der Waals surface area contributed by atoms with Crippen molar-refractivity contribution < 1.29 is 10.2 Å². The highest BCUT2D eigenvalue weighted by atomic mass is 16.3. The molecule has 1 aromatic carbocycles. The van der Waals surface area contributed by atoms with Crippen LogP contribution in [0, 0.1) is 0 Å². The molecule has 1 aliphatic carbocycles. The van der Waals surface area contributed by atoms with Gasteiger partial charge in [-0.15, -0.1) is 0 Å². The Kier molecular flexibility index (Phi) is 5.12. The van der Waals surface area contributed by atoms with Gasteiger partial charge in [-0.05, 0) is 46.0 Å². The van der Waals surface area contributed by atoms with Crippen molar-refractivity contribution >= 4 is 0 Å². The number of phenolic OH excluding ortho intramolecular Hbond substituents is 2. The van der Waals surface area contributed by atoms with Gasteiger partial charge in [0.25, 0.3) is 0 Å². The van der Waals surface area contributed by atoms with Crippen LogP contribution in [-0.4, -0.2) is 41.3 Å². The van der Waals surface area contributed by atoms with Crippen molar-refractivity contribution in [1.29, 1.82) is 0 Å². The van der Waals surface area contributed by atoms with Crippen LogP contribution < -0.4 is 5.32 Å². The predicted molar refractivity (Wildman–Crippen MR) is 85.7 cm³/mol. The van der Waals surface area contributed by atoms with E-state index in [2.05, 4.69) is 24.3 Å². The second-order valence-electron chi connectivity index (χ2n) is 6.49. The number of benzene rings is 1. The smallest absolute Gasteiger partial charge is 0.124 e. The van der Waals surface area contributed by atoms with Gasteiger partial charge in [-0.2, -0.15) is 0 Å². The van der Waals surface area contributed by atoms with Gasteiger partial charge in [0.15, 0.2) is 0 Å². The number of likely N-dealkylation sites (N-methyl/N-ethyl adjacent to an activating group) is 1. The Balaban J connectivity index is 2.07. The Morgan fingerprint density at radius 3 is 2.24 bits per heavy atom. The van der Waals surface area contributed by atoms with Gasteiger partial charge in [-0.25, -0.2) is 0 Å². The van der Waals surface area contributed by atoms with Crippen LogP contribution in [0.5, 0.6) is 11.5 Å². The van der Waals surface area contributed by atoms with Crippen molar-refractivity contribution in [3.05, 3.63) is 23.8 Å². The number of hydrogen-bond donors (Lipinski definition) is 3. The topological polar surface area (TPSA) is 55.7 Å². The fourth-order valence-corrected chi connectivity index (χ4v) is 3.42. The van der Waals surface area contributed by atoms with Crippen LogP contribution in [-0.2, 0) is 0 Å². The second-order valence-corrected chi connectivity index (χ2v) is 6.49. The molecule has 1 unspecified atom stereocenters. The van der Waals surface area contributed by atoms with Crippen LogP contribution >= 0.6 is 0 Å². The Hall–Kier alpha value is -1.26. The molecule has 0 aliphatic heterocycles. The zero-order chi connectivity index (χ0) is 15.5. The SMILES string of the molecule is CC(NCC1(N(C)C)CCCCC1)c1c(O)cccc1O. The first-order chi connectivity index (χ1) is 9.96. The van der Waals surface area contributed by atoms with Crippen molar-refractivity contribution in [2.75, 3.05) is 20.6 Å². The van der Waals surface area contributed by atoms with E-state index in [1.54, 1.807) is 18.2 Å². The van der Waals surface area contributed by atoms with Gasteiger partial charge in [0, 0.05) is 18.1 Å². The van der Waals surface area contributed by atoms with Crippen LogP contribution in [0.4, 0.5) is 0 Å². The molecule has 118 valence electrons. The molecule has 0 saturated heterocycles.